The van der Waals surface area contributed by atoms with Gasteiger partial charge in [0.15, 0.2) is 0 Å². The molecule has 0 aliphatic heterocycles. The number of nitrogens with zero attached hydrogens (tertiary/aromatic N) is 3. The molecule has 1 amide bonds. The number of amides is 1. The molecule has 3 aromatic rings. The lowest BCUT2D eigenvalue weighted by molar-refractivity contribution is -0.119. The van der Waals surface area contributed by atoms with Crippen molar-refractivity contribution in [3.8, 4) is 5.75 Å². The molecule has 0 saturated heterocycles. The zero-order valence-corrected chi connectivity index (χ0v) is 22.4. The van der Waals surface area contributed by atoms with Crippen molar-refractivity contribution in [1.82, 2.24) is 5.43 Å². The van der Waals surface area contributed by atoms with Gasteiger partial charge < -0.3 is 9.64 Å². The first-order valence-electron chi connectivity index (χ1n) is 10.3. The number of anilines is 2. The molecule has 0 spiro atoms. The van der Waals surface area contributed by atoms with Crippen LogP contribution in [0.2, 0.25) is 5.02 Å². The predicted molar refractivity (Wildman–Crippen MR) is 143 cm³/mol. The minimum absolute atomic E-state index is 0.00961. The number of sulfonamides is 1. The molecule has 3 aromatic carbocycles. The maximum atomic E-state index is 13.4. The second-order valence-electron chi connectivity index (χ2n) is 7.56. The summed E-state index contributed by atoms with van der Waals surface area (Å²) in [6, 6.07) is 17.7. The molecule has 0 aliphatic carbocycles. The third-order valence-corrected chi connectivity index (χ3v) is 7.58. The van der Waals surface area contributed by atoms with E-state index in [0.717, 1.165) is 20.0 Å². The van der Waals surface area contributed by atoms with Crippen molar-refractivity contribution in [2.75, 3.05) is 37.0 Å². The fraction of sp³-hybridized carbons (Fsp3) is 0.167. The first-order valence-corrected chi connectivity index (χ1v) is 12.9. The highest BCUT2D eigenvalue weighted by Gasteiger charge is 2.27. The number of carbonyl (C=O) groups excluding carboxylic acids is 1. The van der Waals surface area contributed by atoms with Crippen LogP contribution in [0.15, 0.2) is 81.2 Å². The van der Waals surface area contributed by atoms with Crippen LogP contribution in [0, 0.1) is 0 Å². The molecule has 0 bridgehead atoms. The van der Waals surface area contributed by atoms with Crippen molar-refractivity contribution in [3.05, 3.63) is 81.8 Å². The number of benzene rings is 3. The van der Waals surface area contributed by atoms with Gasteiger partial charge in [0.05, 0.1) is 29.6 Å². The number of carbonyl (C=O) groups is 1. The molecular formula is C24H24BrClN4O4S. The highest BCUT2D eigenvalue weighted by Crippen LogP contribution is 2.27. The van der Waals surface area contributed by atoms with Crippen LogP contribution in [0.25, 0.3) is 0 Å². The summed E-state index contributed by atoms with van der Waals surface area (Å²) in [6.07, 6.45) is 1.48. The summed E-state index contributed by atoms with van der Waals surface area (Å²) < 4.78 is 33.8. The van der Waals surface area contributed by atoms with Crippen LogP contribution in [0.1, 0.15) is 5.56 Å². The monoisotopic (exact) mass is 578 g/mol. The second kappa shape index (κ2) is 11.6. The number of halogens is 2. The predicted octanol–water partition coefficient (Wildman–Crippen LogP) is 4.52. The Balaban J connectivity index is 1.81. The Morgan fingerprint density at radius 2 is 1.74 bits per heavy atom. The van der Waals surface area contributed by atoms with E-state index in [1.54, 1.807) is 12.1 Å². The molecule has 0 heterocycles. The SMILES string of the molecule is COc1ccc(S(=O)(=O)N(CC(=O)NN=Cc2ccc(N(C)C)c(Br)c2)c2ccc(Cl)cc2)cc1. The van der Waals surface area contributed by atoms with E-state index in [1.165, 1.54) is 49.7 Å². The molecule has 0 saturated carbocycles. The molecule has 0 atom stereocenters. The number of ether oxygens (including phenoxy) is 1. The van der Waals surface area contributed by atoms with Crippen molar-refractivity contribution in [2.45, 2.75) is 4.90 Å². The molecule has 8 nitrogen and oxygen atoms in total. The average molecular weight is 580 g/mol. The van der Waals surface area contributed by atoms with Gasteiger partial charge in [-0.2, -0.15) is 5.10 Å². The van der Waals surface area contributed by atoms with E-state index < -0.39 is 22.5 Å². The lowest BCUT2D eigenvalue weighted by Crippen LogP contribution is -2.39. The Morgan fingerprint density at radius 3 is 2.31 bits per heavy atom. The van der Waals surface area contributed by atoms with E-state index in [-0.39, 0.29) is 10.6 Å². The fourth-order valence-electron chi connectivity index (χ4n) is 3.11. The smallest absolute Gasteiger partial charge is 0.264 e. The largest absolute Gasteiger partial charge is 0.497 e. The molecule has 35 heavy (non-hydrogen) atoms. The summed E-state index contributed by atoms with van der Waals surface area (Å²) in [5.41, 5.74) is 4.43. The van der Waals surface area contributed by atoms with Crippen molar-refractivity contribution in [1.29, 1.82) is 0 Å². The molecule has 0 aromatic heterocycles. The van der Waals surface area contributed by atoms with Crippen LogP contribution in [-0.4, -0.2) is 48.3 Å². The highest BCUT2D eigenvalue weighted by atomic mass is 79.9. The molecule has 0 aliphatic rings. The van der Waals surface area contributed by atoms with Gasteiger partial charge >= 0.3 is 0 Å². The first kappa shape index (κ1) is 26.5. The van der Waals surface area contributed by atoms with Gasteiger partial charge in [-0.05, 0) is 82.2 Å². The Kier molecular flexibility index (Phi) is 8.76. The minimum Gasteiger partial charge on any atom is -0.497 e. The van der Waals surface area contributed by atoms with Crippen LogP contribution in [-0.2, 0) is 14.8 Å². The lowest BCUT2D eigenvalue weighted by Gasteiger charge is -2.23. The molecule has 0 radical (unpaired) electrons. The first-order chi connectivity index (χ1) is 16.6. The summed E-state index contributed by atoms with van der Waals surface area (Å²) >= 11 is 9.47. The van der Waals surface area contributed by atoms with Crippen LogP contribution >= 0.6 is 27.5 Å². The number of methoxy groups -OCH3 is 1. The van der Waals surface area contributed by atoms with Gasteiger partial charge in [0.1, 0.15) is 12.3 Å². The Hall–Kier alpha value is -3.08. The molecule has 184 valence electrons. The van der Waals surface area contributed by atoms with Gasteiger partial charge in [-0.1, -0.05) is 17.7 Å². The third kappa shape index (κ3) is 6.74. The number of hydrazone groups is 1. The molecule has 0 fully saturated rings. The maximum Gasteiger partial charge on any atom is 0.264 e. The minimum atomic E-state index is -4.07. The van der Waals surface area contributed by atoms with Gasteiger partial charge in [0.2, 0.25) is 0 Å². The average Bonchev–Trinajstić information content (AvgIpc) is 2.83. The number of hydrogen-bond acceptors (Lipinski definition) is 6. The standard InChI is InChI=1S/C24H24BrClN4O4S/c1-29(2)23-13-4-17(14-22(23)25)15-27-28-24(31)16-30(19-7-5-18(26)6-8-19)35(32,33)21-11-9-20(34-3)10-12-21/h4-15H,16H2,1-3H3,(H,28,31). The summed E-state index contributed by atoms with van der Waals surface area (Å²) in [7, 11) is 1.28. The topological polar surface area (TPSA) is 91.3 Å². The number of nitrogens with one attached hydrogen (secondary N) is 1. The summed E-state index contributed by atoms with van der Waals surface area (Å²) in [5.74, 6) is -0.100. The van der Waals surface area contributed by atoms with Gasteiger partial charge in [-0.3, -0.25) is 9.10 Å². The van der Waals surface area contributed by atoms with Crippen LogP contribution in [0.4, 0.5) is 11.4 Å². The van der Waals surface area contributed by atoms with Crippen LogP contribution in [0.5, 0.6) is 5.75 Å². The van der Waals surface area contributed by atoms with Crippen LogP contribution in [0.3, 0.4) is 0 Å². The van der Waals surface area contributed by atoms with E-state index in [2.05, 4.69) is 26.5 Å². The maximum absolute atomic E-state index is 13.4. The Bertz CT molecular complexity index is 1310. The van der Waals surface area contributed by atoms with Crippen molar-refractivity contribution in [2.24, 2.45) is 5.10 Å². The Morgan fingerprint density at radius 1 is 1.09 bits per heavy atom. The summed E-state index contributed by atoms with van der Waals surface area (Å²) in [5, 5.41) is 4.42. The van der Waals surface area contributed by atoms with E-state index in [4.69, 9.17) is 16.3 Å². The number of hydrogen-bond donors (Lipinski definition) is 1. The zero-order chi connectivity index (χ0) is 25.6. The molecule has 0 unspecified atom stereocenters. The normalized spacial score (nSPS) is 11.3. The quantitative estimate of drug-likeness (QED) is 0.297. The number of rotatable bonds is 9. The molecule has 11 heteroatoms. The highest BCUT2D eigenvalue weighted by molar-refractivity contribution is 9.10. The molecular weight excluding hydrogens is 556 g/mol. The van der Waals surface area contributed by atoms with Gasteiger partial charge in [0.25, 0.3) is 15.9 Å². The molecule has 1 N–H and O–H groups in total. The van der Waals surface area contributed by atoms with E-state index >= 15 is 0 Å². The summed E-state index contributed by atoms with van der Waals surface area (Å²) in [4.78, 5) is 14.6. The van der Waals surface area contributed by atoms with E-state index in [1.807, 2.05) is 37.2 Å². The fourth-order valence-corrected chi connectivity index (χ4v) is 5.41. The van der Waals surface area contributed by atoms with Gasteiger partial charge in [-0.25, -0.2) is 13.8 Å². The van der Waals surface area contributed by atoms with Crippen molar-refractivity contribution < 1.29 is 17.9 Å². The Labute approximate surface area is 218 Å². The van der Waals surface area contributed by atoms with Gasteiger partial charge in [-0.15, -0.1) is 0 Å². The third-order valence-electron chi connectivity index (χ3n) is 4.91. The van der Waals surface area contributed by atoms with Crippen molar-refractivity contribution >= 4 is 61.1 Å². The summed E-state index contributed by atoms with van der Waals surface area (Å²) in [6.45, 7) is -0.489. The molecule has 3 rings (SSSR count). The zero-order valence-electron chi connectivity index (χ0n) is 19.3. The van der Waals surface area contributed by atoms with E-state index in [0.29, 0.717) is 10.8 Å². The van der Waals surface area contributed by atoms with Crippen LogP contribution < -0.4 is 19.4 Å². The second-order valence-corrected chi connectivity index (χ2v) is 10.7. The van der Waals surface area contributed by atoms with Crippen molar-refractivity contribution in [3.63, 3.8) is 0 Å². The van der Waals surface area contributed by atoms with E-state index in [9.17, 15) is 13.2 Å². The lowest BCUT2D eigenvalue weighted by atomic mass is 10.2. The van der Waals surface area contributed by atoms with Gasteiger partial charge in [0, 0.05) is 23.6 Å².